The number of hydrogen-bond acceptors (Lipinski definition) is 4. The summed E-state index contributed by atoms with van der Waals surface area (Å²) in [5, 5.41) is 4.23. The fourth-order valence-electron chi connectivity index (χ4n) is 2.72. The van der Waals surface area contributed by atoms with Crippen molar-refractivity contribution in [2.45, 2.75) is 40.5 Å². The lowest BCUT2D eigenvalue weighted by Crippen LogP contribution is -2.19. The number of benzene rings is 1. The summed E-state index contributed by atoms with van der Waals surface area (Å²) in [7, 11) is 1.56. The average Bonchev–Trinajstić information content (AvgIpc) is 2.98. The Labute approximate surface area is 154 Å². The maximum atomic E-state index is 12.4. The Morgan fingerprint density at radius 1 is 1.27 bits per heavy atom. The molecule has 1 aromatic heterocycles. The van der Waals surface area contributed by atoms with E-state index < -0.39 is 0 Å². The predicted molar refractivity (Wildman–Crippen MR) is 103 cm³/mol. The lowest BCUT2D eigenvalue weighted by molar-refractivity contribution is 0.0954. The number of aromatic nitrogens is 1. The normalized spacial score (nSPS) is 11.3. The molecule has 2 rings (SSSR count). The second-order valence-electron chi connectivity index (χ2n) is 6.18. The van der Waals surface area contributed by atoms with Crippen molar-refractivity contribution in [3.8, 4) is 11.5 Å². The lowest BCUT2D eigenvalue weighted by atomic mass is 10.1. The number of rotatable bonds is 8. The van der Waals surface area contributed by atoms with Crippen molar-refractivity contribution in [2.24, 2.45) is 5.10 Å². The highest BCUT2D eigenvalue weighted by Crippen LogP contribution is 2.28. The van der Waals surface area contributed by atoms with E-state index in [1.807, 2.05) is 27.0 Å². The van der Waals surface area contributed by atoms with E-state index in [1.54, 1.807) is 25.3 Å². The van der Waals surface area contributed by atoms with Crippen LogP contribution in [0, 0.1) is 13.8 Å². The van der Waals surface area contributed by atoms with Crippen molar-refractivity contribution in [1.29, 1.82) is 0 Å². The van der Waals surface area contributed by atoms with Gasteiger partial charge in [-0.3, -0.25) is 4.79 Å². The van der Waals surface area contributed by atoms with Crippen LogP contribution >= 0.6 is 0 Å². The van der Waals surface area contributed by atoms with Crippen LogP contribution < -0.4 is 14.9 Å². The summed E-state index contributed by atoms with van der Waals surface area (Å²) in [5.74, 6) is 0.871. The molecule has 0 fully saturated rings. The molecule has 1 aromatic carbocycles. The van der Waals surface area contributed by atoms with Gasteiger partial charge in [0.1, 0.15) is 0 Å². The van der Waals surface area contributed by atoms with Crippen molar-refractivity contribution >= 4 is 11.6 Å². The summed E-state index contributed by atoms with van der Waals surface area (Å²) in [4.78, 5) is 15.6. The fourth-order valence-corrected chi connectivity index (χ4v) is 2.72. The zero-order valence-corrected chi connectivity index (χ0v) is 16.1. The monoisotopic (exact) mass is 357 g/mol. The number of carbonyl (C=O) groups is 1. The first-order valence-corrected chi connectivity index (χ1v) is 8.78. The minimum Gasteiger partial charge on any atom is -0.493 e. The molecule has 0 aliphatic carbocycles. The zero-order chi connectivity index (χ0) is 19.1. The molecule has 0 spiro atoms. The second-order valence-corrected chi connectivity index (χ2v) is 6.18. The van der Waals surface area contributed by atoms with Gasteiger partial charge in [0.2, 0.25) is 0 Å². The third kappa shape index (κ3) is 4.65. The Morgan fingerprint density at radius 2 is 2.04 bits per heavy atom. The molecule has 0 atom stereocenters. The van der Waals surface area contributed by atoms with Crippen molar-refractivity contribution < 1.29 is 14.3 Å². The first kappa shape index (κ1) is 19.6. The quantitative estimate of drug-likeness (QED) is 0.426. The van der Waals surface area contributed by atoms with Gasteiger partial charge in [-0.25, -0.2) is 5.43 Å². The summed E-state index contributed by atoms with van der Waals surface area (Å²) in [6, 6.07) is 5.12. The van der Waals surface area contributed by atoms with Gasteiger partial charge in [-0.1, -0.05) is 13.3 Å². The van der Waals surface area contributed by atoms with E-state index in [0.29, 0.717) is 23.7 Å². The van der Waals surface area contributed by atoms with Crippen LogP contribution in [0.1, 0.15) is 53.9 Å². The number of amides is 1. The van der Waals surface area contributed by atoms with Crippen molar-refractivity contribution in [3.63, 3.8) is 0 Å². The number of nitrogens with zero attached hydrogens (tertiary/aromatic N) is 1. The van der Waals surface area contributed by atoms with Crippen molar-refractivity contribution in [3.05, 3.63) is 46.8 Å². The molecule has 0 bridgehead atoms. The van der Waals surface area contributed by atoms with Gasteiger partial charge >= 0.3 is 0 Å². The van der Waals surface area contributed by atoms with Crippen LogP contribution in [-0.4, -0.2) is 30.3 Å². The number of aryl methyl sites for hydroxylation is 2. The Bertz CT molecular complexity index is 774. The number of methoxy groups -OCH3 is 1. The van der Waals surface area contributed by atoms with Crippen LogP contribution in [0.25, 0.3) is 0 Å². The highest BCUT2D eigenvalue weighted by Gasteiger charge is 2.12. The first-order chi connectivity index (χ1) is 12.5. The maximum Gasteiger partial charge on any atom is 0.271 e. The van der Waals surface area contributed by atoms with Crippen LogP contribution in [0.3, 0.4) is 0 Å². The van der Waals surface area contributed by atoms with Crippen LogP contribution in [-0.2, 0) is 0 Å². The van der Waals surface area contributed by atoms with E-state index in [0.717, 1.165) is 35.4 Å². The molecule has 2 aromatic rings. The number of aromatic amines is 1. The van der Waals surface area contributed by atoms with E-state index in [1.165, 1.54) is 0 Å². The molecule has 0 saturated carbocycles. The number of H-pyrrole nitrogens is 1. The lowest BCUT2D eigenvalue weighted by Gasteiger charge is -2.11. The van der Waals surface area contributed by atoms with Gasteiger partial charge in [0.05, 0.1) is 19.4 Å². The summed E-state index contributed by atoms with van der Waals surface area (Å²) in [5.41, 5.74) is 6.94. The largest absolute Gasteiger partial charge is 0.493 e. The zero-order valence-electron chi connectivity index (χ0n) is 16.1. The van der Waals surface area contributed by atoms with E-state index in [-0.39, 0.29) is 5.91 Å². The predicted octanol–water partition coefficient (Wildman–Crippen LogP) is 3.97. The molecule has 26 heavy (non-hydrogen) atoms. The maximum absolute atomic E-state index is 12.4. The van der Waals surface area contributed by atoms with Gasteiger partial charge < -0.3 is 14.5 Å². The summed E-state index contributed by atoms with van der Waals surface area (Å²) >= 11 is 0. The molecule has 0 aliphatic heterocycles. The van der Waals surface area contributed by atoms with Gasteiger partial charge in [0, 0.05) is 23.0 Å². The Hall–Kier alpha value is -2.76. The summed E-state index contributed by atoms with van der Waals surface area (Å²) in [6.45, 7) is 8.58. The topological polar surface area (TPSA) is 75.7 Å². The number of hydrogen-bond donors (Lipinski definition) is 2. The van der Waals surface area contributed by atoms with E-state index in [9.17, 15) is 4.79 Å². The van der Waals surface area contributed by atoms with Gasteiger partial charge in [-0.05, 0) is 51.0 Å². The third-order valence-electron chi connectivity index (χ3n) is 4.14. The molecular formula is C20H27N3O3. The number of unbranched alkanes of at least 4 members (excludes halogenated alkanes) is 1. The summed E-state index contributed by atoms with van der Waals surface area (Å²) < 4.78 is 11.0. The number of ether oxygens (including phenoxy) is 2. The molecule has 6 nitrogen and oxygen atoms in total. The Balaban J connectivity index is 2.10. The molecule has 2 N–H and O–H groups in total. The van der Waals surface area contributed by atoms with Crippen LogP contribution in [0.2, 0.25) is 0 Å². The molecule has 0 aliphatic rings. The number of nitrogens with one attached hydrogen (secondary N) is 2. The molecule has 0 unspecified atom stereocenters. The van der Waals surface area contributed by atoms with E-state index in [4.69, 9.17) is 9.47 Å². The third-order valence-corrected chi connectivity index (χ3v) is 4.14. The van der Waals surface area contributed by atoms with Gasteiger partial charge in [-0.2, -0.15) is 5.10 Å². The van der Waals surface area contributed by atoms with Crippen LogP contribution in [0.4, 0.5) is 0 Å². The smallest absolute Gasteiger partial charge is 0.271 e. The van der Waals surface area contributed by atoms with E-state index >= 15 is 0 Å². The molecular weight excluding hydrogens is 330 g/mol. The minimum absolute atomic E-state index is 0.298. The SMILES string of the molecule is CCCCOc1ccc(C(=O)N/N=C(\C)c2c(C)c[nH]c2C)cc1OC. The molecule has 0 saturated heterocycles. The van der Waals surface area contributed by atoms with Gasteiger partial charge in [0.15, 0.2) is 11.5 Å². The summed E-state index contributed by atoms with van der Waals surface area (Å²) in [6.07, 6.45) is 3.95. The van der Waals surface area contributed by atoms with Crippen molar-refractivity contribution in [1.82, 2.24) is 10.4 Å². The van der Waals surface area contributed by atoms with E-state index in [2.05, 4.69) is 22.4 Å². The average molecular weight is 357 g/mol. The van der Waals surface area contributed by atoms with Crippen molar-refractivity contribution in [2.75, 3.05) is 13.7 Å². The molecule has 6 heteroatoms. The highest BCUT2D eigenvalue weighted by molar-refractivity contribution is 6.02. The number of hydrazone groups is 1. The fraction of sp³-hybridized carbons (Fsp3) is 0.400. The molecule has 140 valence electrons. The number of carbonyl (C=O) groups excluding carboxylic acids is 1. The van der Waals surface area contributed by atoms with Gasteiger partial charge in [-0.15, -0.1) is 0 Å². The molecule has 0 radical (unpaired) electrons. The second kappa shape index (κ2) is 9.08. The van der Waals surface area contributed by atoms with Crippen LogP contribution in [0.15, 0.2) is 29.5 Å². The molecule has 1 amide bonds. The van der Waals surface area contributed by atoms with Crippen LogP contribution in [0.5, 0.6) is 11.5 Å². The highest BCUT2D eigenvalue weighted by atomic mass is 16.5. The van der Waals surface area contributed by atoms with Gasteiger partial charge in [0.25, 0.3) is 5.91 Å². The standard InChI is InChI=1S/C20H27N3O3/c1-6-7-10-26-17-9-8-16(11-18(17)25-5)20(24)23-22-15(4)19-13(2)12-21-14(19)3/h8-9,11-12,21H,6-7,10H2,1-5H3,(H,23,24)/b22-15+. The minimum atomic E-state index is -0.298. The Kier molecular flexibility index (Phi) is 6.83. The first-order valence-electron chi connectivity index (χ1n) is 8.78. The Morgan fingerprint density at radius 3 is 2.65 bits per heavy atom. The molecule has 1 heterocycles.